The number of benzene rings is 1. The van der Waals surface area contributed by atoms with Crippen LogP contribution < -0.4 is 4.90 Å². The molecule has 3 heterocycles. The van der Waals surface area contributed by atoms with E-state index in [0.29, 0.717) is 49.6 Å². The summed E-state index contributed by atoms with van der Waals surface area (Å²) in [5, 5.41) is 8.56. The molecule has 1 fully saturated rings. The molecule has 0 atom stereocenters. The predicted octanol–water partition coefficient (Wildman–Crippen LogP) is 1.38. The van der Waals surface area contributed by atoms with Crippen molar-refractivity contribution >= 4 is 27.0 Å². The molecule has 9 nitrogen and oxygen atoms in total. The van der Waals surface area contributed by atoms with Gasteiger partial charge in [0.1, 0.15) is 6.33 Å². The first kappa shape index (κ1) is 18.8. The van der Waals surface area contributed by atoms with E-state index >= 15 is 0 Å². The molecule has 4 rings (SSSR count). The Morgan fingerprint density at radius 1 is 1.04 bits per heavy atom. The van der Waals surface area contributed by atoms with Crippen LogP contribution in [0.25, 0.3) is 16.9 Å². The van der Waals surface area contributed by atoms with Crippen LogP contribution in [-0.2, 0) is 10.0 Å². The first-order valence-corrected chi connectivity index (χ1v) is 11.0. The summed E-state index contributed by atoms with van der Waals surface area (Å²) in [5.41, 5.74) is 3.30. The second-order valence-electron chi connectivity index (χ2n) is 6.91. The van der Waals surface area contributed by atoms with E-state index in [1.165, 1.54) is 11.9 Å². The monoisotopic (exact) mass is 401 g/mol. The minimum atomic E-state index is -3.18. The number of sulfonamides is 1. The molecular weight excluding hydrogens is 378 g/mol. The van der Waals surface area contributed by atoms with E-state index in [1.807, 2.05) is 38.1 Å². The van der Waals surface area contributed by atoms with E-state index in [0.717, 1.165) is 5.69 Å². The van der Waals surface area contributed by atoms with Gasteiger partial charge in [-0.25, -0.2) is 18.4 Å². The lowest BCUT2D eigenvalue weighted by atomic mass is 10.2. The van der Waals surface area contributed by atoms with Gasteiger partial charge >= 0.3 is 0 Å². The molecule has 28 heavy (non-hydrogen) atoms. The highest BCUT2D eigenvalue weighted by Gasteiger charge is 2.28. The van der Waals surface area contributed by atoms with Crippen LogP contribution in [0.15, 0.2) is 30.6 Å². The molecule has 0 amide bonds. The van der Waals surface area contributed by atoms with E-state index in [2.05, 4.69) is 25.2 Å². The van der Waals surface area contributed by atoms with Crippen molar-refractivity contribution < 1.29 is 8.42 Å². The Morgan fingerprint density at radius 3 is 2.43 bits per heavy atom. The fourth-order valence-electron chi connectivity index (χ4n) is 3.39. The van der Waals surface area contributed by atoms with Gasteiger partial charge in [0.25, 0.3) is 0 Å². The van der Waals surface area contributed by atoms with Gasteiger partial charge in [-0.15, -0.1) is 5.10 Å². The van der Waals surface area contributed by atoms with Crippen molar-refractivity contribution in [2.75, 3.05) is 36.8 Å². The lowest BCUT2D eigenvalue weighted by Crippen LogP contribution is -2.49. The molecule has 0 bridgehead atoms. The Hall–Kier alpha value is -2.59. The van der Waals surface area contributed by atoms with Crippen molar-refractivity contribution in [3.8, 4) is 5.69 Å². The van der Waals surface area contributed by atoms with Crippen LogP contribution in [0.3, 0.4) is 0 Å². The van der Waals surface area contributed by atoms with Crippen LogP contribution >= 0.6 is 0 Å². The number of aryl methyl sites for hydroxylation is 1. The van der Waals surface area contributed by atoms with Crippen LogP contribution in [0.4, 0.5) is 5.82 Å². The molecule has 10 heteroatoms. The van der Waals surface area contributed by atoms with Crippen LogP contribution in [0.1, 0.15) is 18.9 Å². The second-order valence-corrected chi connectivity index (χ2v) is 9.00. The number of hydrogen-bond acceptors (Lipinski definition) is 7. The van der Waals surface area contributed by atoms with Gasteiger partial charge in [-0.3, -0.25) is 0 Å². The second kappa shape index (κ2) is 7.44. The minimum absolute atomic E-state index is 0.190. The molecule has 0 radical (unpaired) electrons. The molecular formula is C18H23N7O2S. The fraction of sp³-hybridized carbons (Fsp3) is 0.444. The Morgan fingerprint density at radius 2 is 1.75 bits per heavy atom. The van der Waals surface area contributed by atoms with Crippen LogP contribution in [0.2, 0.25) is 0 Å². The lowest BCUT2D eigenvalue weighted by molar-refractivity contribution is 0.384. The van der Waals surface area contributed by atoms with Gasteiger partial charge in [0.2, 0.25) is 10.0 Å². The topological polar surface area (TPSA) is 97.1 Å². The maximum atomic E-state index is 12.3. The quantitative estimate of drug-likeness (QED) is 0.637. The van der Waals surface area contributed by atoms with Crippen LogP contribution in [0.5, 0.6) is 0 Å². The zero-order valence-electron chi connectivity index (χ0n) is 16.0. The van der Waals surface area contributed by atoms with Gasteiger partial charge in [-0.1, -0.05) is 29.8 Å². The Bertz CT molecular complexity index is 1070. The largest absolute Gasteiger partial charge is 0.352 e. The molecule has 0 N–H and O–H groups in total. The summed E-state index contributed by atoms with van der Waals surface area (Å²) in [4.78, 5) is 10.8. The van der Waals surface area contributed by atoms with Crippen molar-refractivity contribution in [2.24, 2.45) is 0 Å². The lowest BCUT2D eigenvalue weighted by Gasteiger charge is -2.34. The Kier molecular flexibility index (Phi) is 4.98. The number of nitrogens with zero attached hydrogens (tertiary/aromatic N) is 7. The third-order valence-corrected chi connectivity index (χ3v) is 6.97. The van der Waals surface area contributed by atoms with Crippen molar-refractivity contribution in [2.45, 2.75) is 20.3 Å². The molecule has 0 aliphatic carbocycles. The maximum absolute atomic E-state index is 12.3. The van der Waals surface area contributed by atoms with E-state index < -0.39 is 10.0 Å². The molecule has 1 aliphatic heterocycles. The minimum Gasteiger partial charge on any atom is -0.352 e. The molecule has 0 unspecified atom stereocenters. The summed E-state index contributed by atoms with van der Waals surface area (Å²) in [6.07, 6.45) is 2.13. The highest BCUT2D eigenvalue weighted by molar-refractivity contribution is 7.89. The number of hydrogen-bond donors (Lipinski definition) is 0. The van der Waals surface area contributed by atoms with Crippen molar-refractivity contribution in [3.05, 3.63) is 36.2 Å². The summed E-state index contributed by atoms with van der Waals surface area (Å²) in [6.45, 7) is 5.92. The predicted molar refractivity (Wildman–Crippen MR) is 107 cm³/mol. The maximum Gasteiger partial charge on any atom is 0.214 e. The SMILES string of the molecule is CCCS(=O)(=O)N1CCN(c2ncnc3c2nnn3-c2ccc(C)cc2)CC1. The molecule has 0 spiro atoms. The Balaban J connectivity index is 1.60. The third kappa shape index (κ3) is 3.45. The molecule has 148 valence electrons. The molecule has 1 saturated heterocycles. The first-order chi connectivity index (χ1) is 13.5. The van der Waals surface area contributed by atoms with Crippen molar-refractivity contribution in [1.29, 1.82) is 0 Å². The van der Waals surface area contributed by atoms with Crippen LogP contribution in [-0.4, -0.2) is 69.6 Å². The van der Waals surface area contributed by atoms with Gasteiger partial charge < -0.3 is 4.90 Å². The molecule has 3 aromatic rings. The number of rotatable bonds is 5. The van der Waals surface area contributed by atoms with E-state index in [9.17, 15) is 8.42 Å². The van der Waals surface area contributed by atoms with Gasteiger partial charge in [0.05, 0.1) is 11.4 Å². The third-order valence-electron chi connectivity index (χ3n) is 4.89. The standard InChI is InChI=1S/C18H23N7O2S/c1-3-12-28(26,27)24-10-8-23(9-11-24)17-16-18(20-13-19-17)25(22-21-16)15-6-4-14(2)5-7-15/h4-7,13H,3,8-12H2,1-2H3. The fourth-order valence-corrected chi connectivity index (χ4v) is 4.89. The molecule has 2 aromatic heterocycles. The molecule has 0 saturated carbocycles. The first-order valence-electron chi connectivity index (χ1n) is 9.36. The summed E-state index contributed by atoms with van der Waals surface area (Å²) >= 11 is 0. The smallest absolute Gasteiger partial charge is 0.214 e. The number of fused-ring (bicyclic) bond motifs is 1. The number of piperazine rings is 1. The van der Waals surface area contributed by atoms with E-state index in [1.54, 1.807) is 8.99 Å². The highest BCUT2D eigenvalue weighted by atomic mass is 32.2. The average Bonchev–Trinajstić information content (AvgIpc) is 3.13. The summed E-state index contributed by atoms with van der Waals surface area (Å²) in [5.74, 6) is 0.881. The van der Waals surface area contributed by atoms with Gasteiger partial charge in [-0.2, -0.15) is 8.99 Å². The number of anilines is 1. The zero-order valence-corrected chi connectivity index (χ0v) is 16.8. The number of aromatic nitrogens is 5. The summed E-state index contributed by atoms with van der Waals surface area (Å²) < 4.78 is 27.8. The van der Waals surface area contributed by atoms with Gasteiger partial charge in [-0.05, 0) is 25.5 Å². The van der Waals surface area contributed by atoms with Crippen LogP contribution in [0, 0.1) is 6.92 Å². The molecule has 1 aromatic carbocycles. The average molecular weight is 401 g/mol. The summed E-state index contributed by atoms with van der Waals surface area (Å²) in [7, 11) is -3.18. The van der Waals surface area contributed by atoms with Crippen molar-refractivity contribution in [3.63, 3.8) is 0 Å². The van der Waals surface area contributed by atoms with E-state index in [-0.39, 0.29) is 5.75 Å². The normalized spacial score (nSPS) is 16.0. The summed E-state index contributed by atoms with van der Waals surface area (Å²) in [6, 6.07) is 7.98. The van der Waals surface area contributed by atoms with Gasteiger partial charge in [0.15, 0.2) is 17.0 Å². The zero-order chi connectivity index (χ0) is 19.7. The Labute approximate surface area is 164 Å². The molecule has 1 aliphatic rings. The van der Waals surface area contributed by atoms with E-state index in [4.69, 9.17) is 0 Å². The highest BCUT2D eigenvalue weighted by Crippen LogP contribution is 2.24. The van der Waals surface area contributed by atoms with Gasteiger partial charge in [0, 0.05) is 26.2 Å². The van der Waals surface area contributed by atoms with Crippen molar-refractivity contribution in [1.82, 2.24) is 29.3 Å².